The summed E-state index contributed by atoms with van der Waals surface area (Å²) in [6.45, 7) is 8.80. The summed E-state index contributed by atoms with van der Waals surface area (Å²) in [5.74, 6) is 1.11. The molecule has 1 amide bonds. The molecule has 0 radical (unpaired) electrons. The standard InChI is InChI=1S/C21H26N2O3/c1-14-12-22-10-8-16(14)18-7-5-6-17-15(9-11-25-19(17)18)13-23-20(24)26-21(2,3)4/h5-8,10,12,15H,9,11,13H2,1-4H3,(H,23,24)/t15-/m0/s1. The van der Waals surface area contributed by atoms with E-state index in [9.17, 15) is 4.79 Å². The second kappa shape index (κ2) is 7.36. The molecule has 0 spiro atoms. The minimum absolute atomic E-state index is 0.202. The Bertz CT molecular complexity index is 796. The highest BCUT2D eigenvalue weighted by Crippen LogP contribution is 2.41. The van der Waals surface area contributed by atoms with E-state index in [1.165, 1.54) is 0 Å². The molecule has 1 aliphatic rings. The van der Waals surface area contributed by atoms with Crippen LogP contribution in [0.5, 0.6) is 5.75 Å². The summed E-state index contributed by atoms with van der Waals surface area (Å²) in [6.07, 6.45) is 4.14. The van der Waals surface area contributed by atoms with Crippen LogP contribution in [-0.2, 0) is 4.74 Å². The maximum Gasteiger partial charge on any atom is 0.407 e. The van der Waals surface area contributed by atoms with Gasteiger partial charge < -0.3 is 14.8 Å². The zero-order chi connectivity index (χ0) is 18.7. The average molecular weight is 354 g/mol. The van der Waals surface area contributed by atoms with Gasteiger partial charge in [-0.2, -0.15) is 0 Å². The molecule has 0 unspecified atom stereocenters. The number of alkyl carbamates (subject to hydrolysis) is 1. The van der Waals surface area contributed by atoms with Crippen molar-refractivity contribution in [3.05, 3.63) is 47.8 Å². The highest BCUT2D eigenvalue weighted by molar-refractivity contribution is 5.75. The molecule has 0 bridgehead atoms. The molecule has 1 atom stereocenters. The summed E-state index contributed by atoms with van der Waals surface area (Å²) in [6, 6.07) is 8.21. The van der Waals surface area contributed by atoms with Crippen LogP contribution in [0.25, 0.3) is 11.1 Å². The molecule has 5 heteroatoms. The number of benzene rings is 1. The molecule has 26 heavy (non-hydrogen) atoms. The number of nitrogens with zero attached hydrogens (tertiary/aromatic N) is 1. The van der Waals surface area contributed by atoms with E-state index in [1.807, 2.05) is 46.0 Å². The Kier molecular flexibility index (Phi) is 5.16. The van der Waals surface area contributed by atoms with Gasteiger partial charge in [0.05, 0.1) is 6.61 Å². The van der Waals surface area contributed by atoms with Crippen molar-refractivity contribution in [2.24, 2.45) is 0 Å². The topological polar surface area (TPSA) is 60.5 Å². The Labute approximate surface area is 154 Å². The van der Waals surface area contributed by atoms with Gasteiger partial charge in [0.1, 0.15) is 11.4 Å². The van der Waals surface area contributed by atoms with Gasteiger partial charge in [-0.3, -0.25) is 4.98 Å². The molecule has 138 valence electrons. The highest BCUT2D eigenvalue weighted by atomic mass is 16.6. The molecule has 1 aromatic heterocycles. The lowest BCUT2D eigenvalue weighted by atomic mass is 9.89. The first-order valence-electron chi connectivity index (χ1n) is 8.98. The number of ether oxygens (including phenoxy) is 2. The smallest absolute Gasteiger partial charge is 0.407 e. The van der Waals surface area contributed by atoms with Crippen molar-refractivity contribution >= 4 is 6.09 Å². The Morgan fingerprint density at radius 2 is 2.12 bits per heavy atom. The van der Waals surface area contributed by atoms with Crippen LogP contribution in [0.15, 0.2) is 36.7 Å². The van der Waals surface area contributed by atoms with E-state index in [1.54, 1.807) is 6.20 Å². The van der Waals surface area contributed by atoms with E-state index in [0.29, 0.717) is 13.2 Å². The number of aromatic nitrogens is 1. The van der Waals surface area contributed by atoms with Gasteiger partial charge in [0, 0.05) is 30.4 Å². The van der Waals surface area contributed by atoms with E-state index in [0.717, 1.165) is 34.4 Å². The second-order valence-electron chi connectivity index (χ2n) is 7.63. The lowest BCUT2D eigenvalue weighted by Crippen LogP contribution is -2.35. The van der Waals surface area contributed by atoms with Crippen LogP contribution in [0.3, 0.4) is 0 Å². The van der Waals surface area contributed by atoms with Crippen molar-refractivity contribution in [2.45, 2.75) is 45.6 Å². The van der Waals surface area contributed by atoms with Gasteiger partial charge in [0.25, 0.3) is 0 Å². The summed E-state index contributed by atoms with van der Waals surface area (Å²) in [5.41, 5.74) is 3.94. The number of amides is 1. The molecule has 2 heterocycles. The van der Waals surface area contributed by atoms with Crippen molar-refractivity contribution in [3.8, 4) is 16.9 Å². The number of rotatable bonds is 3. The normalized spacial score (nSPS) is 16.4. The lowest BCUT2D eigenvalue weighted by Gasteiger charge is -2.28. The number of fused-ring (bicyclic) bond motifs is 1. The van der Waals surface area contributed by atoms with E-state index in [2.05, 4.69) is 22.4 Å². The number of hydrogen-bond donors (Lipinski definition) is 1. The van der Waals surface area contributed by atoms with Crippen molar-refractivity contribution in [1.29, 1.82) is 0 Å². The molecule has 1 aliphatic heterocycles. The first-order chi connectivity index (χ1) is 12.3. The number of hydrogen-bond acceptors (Lipinski definition) is 4. The van der Waals surface area contributed by atoms with Crippen molar-refractivity contribution in [1.82, 2.24) is 10.3 Å². The molecule has 1 aromatic carbocycles. The van der Waals surface area contributed by atoms with Gasteiger partial charge in [-0.25, -0.2) is 4.79 Å². The maximum atomic E-state index is 12.0. The number of carbonyl (C=O) groups is 1. The van der Waals surface area contributed by atoms with Gasteiger partial charge in [0.2, 0.25) is 0 Å². The number of carbonyl (C=O) groups excluding carboxylic acids is 1. The molecular formula is C21H26N2O3. The maximum absolute atomic E-state index is 12.0. The zero-order valence-corrected chi connectivity index (χ0v) is 15.8. The molecule has 0 fully saturated rings. The highest BCUT2D eigenvalue weighted by Gasteiger charge is 2.26. The minimum Gasteiger partial charge on any atom is -0.493 e. The van der Waals surface area contributed by atoms with Gasteiger partial charge in [-0.1, -0.05) is 18.2 Å². The number of pyridine rings is 1. The molecule has 0 aliphatic carbocycles. The van der Waals surface area contributed by atoms with Gasteiger partial charge >= 0.3 is 6.09 Å². The van der Waals surface area contributed by atoms with Crippen LogP contribution in [0.1, 0.15) is 44.2 Å². The van der Waals surface area contributed by atoms with Gasteiger partial charge in [0.15, 0.2) is 0 Å². The fourth-order valence-corrected chi connectivity index (χ4v) is 3.22. The number of para-hydroxylation sites is 1. The Morgan fingerprint density at radius 3 is 2.85 bits per heavy atom. The number of nitrogens with one attached hydrogen (secondary N) is 1. The van der Waals surface area contributed by atoms with Crippen molar-refractivity contribution in [2.75, 3.05) is 13.2 Å². The van der Waals surface area contributed by atoms with E-state index in [4.69, 9.17) is 9.47 Å². The van der Waals surface area contributed by atoms with Gasteiger partial charge in [-0.15, -0.1) is 0 Å². The molecule has 1 N–H and O–H groups in total. The molecular weight excluding hydrogens is 328 g/mol. The molecule has 0 saturated heterocycles. The number of aryl methyl sites for hydroxylation is 1. The lowest BCUT2D eigenvalue weighted by molar-refractivity contribution is 0.0521. The zero-order valence-electron chi connectivity index (χ0n) is 15.8. The fourth-order valence-electron chi connectivity index (χ4n) is 3.22. The summed E-state index contributed by atoms with van der Waals surface area (Å²) in [4.78, 5) is 16.1. The van der Waals surface area contributed by atoms with Crippen LogP contribution in [-0.4, -0.2) is 29.8 Å². The average Bonchev–Trinajstić information content (AvgIpc) is 2.58. The van der Waals surface area contributed by atoms with Crippen LogP contribution in [0.4, 0.5) is 4.79 Å². The quantitative estimate of drug-likeness (QED) is 0.885. The summed E-state index contributed by atoms with van der Waals surface area (Å²) in [5, 5.41) is 2.89. The Morgan fingerprint density at radius 1 is 1.31 bits per heavy atom. The summed E-state index contributed by atoms with van der Waals surface area (Å²) in [7, 11) is 0. The van der Waals surface area contributed by atoms with Crippen LogP contribution in [0, 0.1) is 6.92 Å². The Balaban J connectivity index is 1.82. The largest absolute Gasteiger partial charge is 0.493 e. The van der Waals surface area contributed by atoms with Crippen LogP contribution in [0.2, 0.25) is 0 Å². The summed E-state index contributed by atoms with van der Waals surface area (Å²) < 4.78 is 11.4. The third-order valence-electron chi connectivity index (χ3n) is 4.40. The van der Waals surface area contributed by atoms with Gasteiger partial charge in [-0.05, 0) is 56.9 Å². The third kappa shape index (κ3) is 4.15. The third-order valence-corrected chi connectivity index (χ3v) is 4.40. The minimum atomic E-state index is -0.496. The molecule has 5 nitrogen and oxygen atoms in total. The molecule has 3 rings (SSSR count). The van der Waals surface area contributed by atoms with Crippen LogP contribution < -0.4 is 10.1 Å². The predicted molar refractivity (Wildman–Crippen MR) is 101 cm³/mol. The second-order valence-corrected chi connectivity index (χ2v) is 7.63. The predicted octanol–water partition coefficient (Wildman–Crippen LogP) is 4.45. The molecule has 2 aromatic rings. The first kappa shape index (κ1) is 18.2. The van der Waals surface area contributed by atoms with E-state index < -0.39 is 5.60 Å². The van der Waals surface area contributed by atoms with E-state index in [-0.39, 0.29) is 12.0 Å². The first-order valence-corrected chi connectivity index (χ1v) is 8.98. The van der Waals surface area contributed by atoms with Crippen molar-refractivity contribution < 1.29 is 14.3 Å². The Hall–Kier alpha value is -2.56. The van der Waals surface area contributed by atoms with Crippen molar-refractivity contribution in [3.63, 3.8) is 0 Å². The monoisotopic (exact) mass is 354 g/mol. The van der Waals surface area contributed by atoms with E-state index >= 15 is 0 Å². The SMILES string of the molecule is Cc1cnccc1-c1cccc2c1OCC[C@H]2CNC(=O)OC(C)(C)C. The van der Waals surface area contributed by atoms with Crippen LogP contribution >= 0.6 is 0 Å². The molecule has 0 saturated carbocycles. The fraction of sp³-hybridized carbons (Fsp3) is 0.429. The summed E-state index contributed by atoms with van der Waals surface area (Å²) >= 11 is 0.